The van der Waals surface area contributed by atoms with Gasteiger partial charge in [-0.15, -0.1) is 0 Å². The molecule has 2 nitrogen and oxygen atoms in total. The van der Waals surface area contributed by atoms with Gasteiger partial charge in [-0.2, -0.15) is 0 Å². The largest absolute Gasteiger partial charge is 0.305 e. The third-order valence-corrected chi connectivity index (χ3v) is 4.88. The molecule has 86 valence electrons. The summed E-state index contributed by atoms with van der Waals surface area (Å²) < 4.78 is 0. The van der Waals surface area contributed by atoms with E-state index in [0.29, 0.717) is 0 Å². The maximum atomic E-state index is 2.77. The molecule has 3 fully saturated rings. The Balaban J connectivity index is 1.47. The van der Waals surface area contributed by atoms with E-state index in [2.05, 4.69) is 23.8 Å². The van der Waals surface area contributed by atoms with Gasteiger partial charge in [-0.05, 0) is 57.2 Å². The molecule has 15 heavy (non-hydrogen) atoms. The van der Waals surface area contributed by atoms with Crippen molar-refractivity contribution in [3.63, 3.8) is 0 Å². The normalized spacial score (nSPS) is 34.0. The lowest BCUT2D eigenvalue weighted by atomic mass is 9.60. The molecular weight excluding hydrogens is 184 g/mol. The summed E-state index contributed by atoms with van der Waals surface area (Å²) >= 11 is 0. The maximum absolute atomic E-state index is 2.77. The minimum absolute atomic E-state index is 0.766. The van der Waals surface area contributed by atoms with E-state index in [-0.39, 0.29) is 0 Å². The van der Waals surface area contributed by atoms with Gasteiger partial charge in [-0.25, -0.2) is 0 Å². The van der Waals surface area contributed by atoms with E-state index in [1.807, 2.05) is 0 Å². The standard InChI is InChI=1S/C13H24N2/c1-11-3-5-15(6-4-11)12-7-13(8-12)9-14(2)10-13/h11-12H,3-10H2,1-2H3. The molecule has 1 spiro atoms. The smallest absolute Gasteiger partial charge is 0.0108 e. The number of likely N-dealkylation sites (tertiary alicyclic amines) is 2. The van der Waals surface area contributed by atoms with Crippen molar-refractivity contribution >= 4 is 0 Å². The van der Waals surface area contributed by atoms with Gasteiger partial charge in [0.2, 0.25) is 0 Å². The first kappa shape index (κ1) is 10.1. The van der Waals surface area contributed by atoms with Crippen LogP contribution in [0.4, 0.5) is 0 Å². The monoisotopic (exact) mass is 208 g/mol. The van der Waals surface area contributed by atoms with Crippen LogP contribution in [-0.2, 0) is 0 Å². The molecule has 0 N–H and O–H groups in total. The van der Waals surface area contributed by atoms with Crippen molar-refractivity contribution in [2.75, 3.05) is 33.2 Å². The van der Waals surface area contributed by atoms with Crippen molar-refractivity contribution in [3.05, 3.63) is 0 Å². The Morgan fingerprint density at radius 1 is 1.07 bits per heavy atom. The lowest BCUT2D eigenvalue weighted by Crippen LogP contribution is -2.65. The van der Waals surface area contributed by atoms with Crippen molar-refractivity contribution in [3.8, 4) is 0 Å². The number of hydrogen-bond acceptors (Lipinski definition) is 2. The molecule has 2 saturated heterocycles. The molecule has 2 heteroatoms. The van der Waals surface area contributed by atoms with Crippen molar-refractivity contribution in [2.24, 2.45) is 11.3 Å². The van der Waals surface area contributed by atoms with Gasteiger partial charge >= 0.3 is 0 Å². The summed E-state index contributed by atoms with van der Waals surface area (Å²) in [5, 5.41) is 0. The van der Waals surface area contributed by atoms with E-state index < -0.39 is 0 Å². The van der Waals surface area contributed by atoms with Crippen molar-refractivity contribution in [2.45, 2.75) is 38.6 Å². The van der Waals surface area contributed by atoms with E-state index in [1.165, 1.54) is 51.9 Å². The Hall–Kier alpha value is -0.0800. The average molecular weight is 208 g/mol. The second kappa shape index (κ2) is 3.46. The van der Waals surface area contributed by atoms with Crippen LogP contribution in [0.15, 0.2) is 0 Å². The van der Waals surface area contributed by atoms with Crippen LogP contribution in [0, 0.1) is 11.3 Å². The van der Waals surface area contributed by atoms with Crippen LogP contribution >= 0.6 is 0 Å². The molecule has 1 saturated carbocycles. The molecule has 3 aliphatic rings. The van der Waals surface area contributed by atoms with Crippen molar-refractivity contribution in [1.29, 1.82) is 0 Å². The van der Waals surface area contributed by atoms with Crippen molar-refractivity contribution < 1.29 is 0 Å². The fourth-order valence-electron chi connectivity index (χ4n) is 3.95. The number of piperidine rings is 1. The van der Waals surface area contributed by atoms with Gasteiger partial charge in [-0.3, -0.25) is 0 Å². The maximum Gasteiger partial charge on any atom is 0.0108 e. The first-order valence-corrected chi connectivity index (χ1v) is 6.59. The highest BCUT2D eigenvalue weighted by Crippen LogP contribution is 2.50. The van der Waals surface area contributed by atoms with Crippen LogP contribution in [0.1, 0.15) is 32.6 Å². The van der Waals surface area contributed by atoms with Crippen LogP contribution < -0.4 is 0 Å². The third-order valence-electron chi connectivity index (χ3n) is 4.88. The molecule has 0 aromatic rings. The van der Waals surface area contributed by atoms with E-state index in [1.54, 1.807) is 0 Å². The first-order valence-electron chi connectivity index (χ1n) is 6.59. The van der Waals surface area contributed by atoms with E-state index in [4.69, 9.17) is 0 Å². The predicted molar refractivity (Wildman–Crippen MR) is 62.9 cm³/mol. The number of hydrogen-bond donors (Lipinski definition) is 0. The number of nitrogens with zero attached hydrogens (tertiary/aromatic N) is 2. The molecule has 1 aliphatic carbocycles. The molecule has 3 rings (SSSR count). The number of rotatable bonds is 1. The summed E-state index contributed by atoms with van der Waals surface area (Å²) in [5.41, 5.74) is 0.766. The highest BCUT2D eigenvalue weighted by Gasteiger charge is 2.52. The summed E-state index contributed by atoms with van der Waals surface area (Å²) in [6, 6.07) is 0.950. The molecule has 0 aromatic carbocycles. The predicted octanol–water partition coefficient (Wildman–Crippen LogP) is 1.81. The highest BCUT2D eigenvalue weighted by molar-refractivity contribution is 5.06. The molecule has 0 bridgehead atoms. The molecule has 2 aliphatic heterocycles. The Morgan fingerprint density at radius 2 is 1.67 bits per heavy atom. The van der Waals surface area contributed by atoms with Gasteiger partial charge in [0.05, 0.1) is 0 Å². The van der Waals surface area contributed by atoms with Gasteiger partial charge in [0.15, 0.2) is 0 Å². The summed E-state index contributed by atoms with van der Waals surface area (Å²) in [7, 11) is 2.25. The van der Waals surface area contributed by atoms with E-state index in [0.717, 1.165) is 17.4 Å². The van der Waals surface area contributed by atoms with Crippen LogP contribution in [0.3, 0.4) is 0 Å². The summed E-state index contributed by atoms with van der Waals surface area (Å²) in [6.45, 7) is 7.89. The third kappa shape index (κ3) is 1.72. The lowest BCUT2D eigenvalue weighted by molar-refractivity contribution is -0.103. The molecule has 0 amide bonds. The molecule has 2 heterocycles. The Labute approximate surface area is 93.6 Å². The zero-order chi connectivity index (χ0) is 10.5. The molecular formula is C13H24N2. The van der Waals surface area contributed by atoms with Gasteiger partial charge in [-0.1, -0.05) is 6.92 Å². The zero-order valence-corrected chi connectivity index (χ0v) is 10.2. The topological polar surface area (TPSA) is 6.48 Å². The Bertz CT molecular complexity index is 229. The van der Waals surface area contributed by atoms with Gasteiger partial charge in [0.25, 0.3) is 0 Å². The fraction of sp³-hybridized carbons (Fsp3) is 1.00. The molecule has 0 aromatic heterocycles. The lowest BCUT2D eigenvalue weighted by Gasteiger charge is -2.61. The van der Waals surface area contributed by atoms with Crippen LogP contribution in [0.2, 0.25) is 0 Å². The zero-order valence-electron chi connectivity index (χ0n) is 10.2. The molecule has 0 unspecified atom stereocenters. The van der Waals surface area contributed by atoms with Crippen molar-refractivity contribution in [1.82, 2.24) is 9.80 Å². The van der Waals surface area contributed by atoms with Crippen LogP contribution in [-0.4, -0.2) is 49.1 Å². The minimum atomic E-state index is 0.766. The Kier molecular flexibility index (Phi) is 2.33. The fourth-order valence-corrected chi connectivity index (χ4v) is 3.95. The van der Waals surface area contributed by atoms with Crippen LogP contribution in [0.5, 0.6) is 0 Å². The summed E-state index contributed by atoms with van der Waals surface area (Å²) in [6.07, 6.45) is 5.85. The SMILES string of the molecule is CC1CCN(C2CC3(C2)CN(C)C3)CC1. The first-order chi connectivity index (χ1) is 7.17. The molecule has 0 radical (unpaired) electrons. The van der Waals surface area contributed by atoms with Gasteiger partial charge in [0.1, 0.15) is 0 Å². The average Bonchev–Trinajstić information content (AvgIpc) is 2.11. The second-order valence-electron chi connectivity index (χ2n) is 6.45. The second-order valence-corrected chi connectivity index (χ2v) is 6.45. The van der Waals surface area contributed by atoms with E-state index in [9.17, 15) is 0 Å². The Morgan fingerprint density at radius 3 is 2.20 bits per heavy atom. The van der Waals surface area contributed by atoms with E-state index >= 15 is 0 Å². The van der Waals surface area contributed by atoms with Gasteiger partial charge in [0, 0.05) is 19.1 Å². The quantitative estimate of drug-likeness (QED) is 0.648. The summed E-state index contributed by atoms with van der Waals surface area (Å²) in [4.78, 5) is 5.23. The van der Waals surface area contributed by atoms with Gasteiger partial charge < -0.3 is 9.80 Å². The summed E-state index contributed by atoms with van der Waals surface area (Å²) in [5.74, 6) is 0.977. The van der Waals surface area contributed by atoms with Crippen LogP contribution in [0.25, 0.3) is 0 Å². The highest BCUT2D eigenvalue weighted by atomic mass is 15.2. The minimum Gasteiger partial charge on any atom is -0.305 e. The molecule has 0 atom stereocenters.